The Morgan fingerprint density at radius 1 is 1.43 bits per heavy atom. The molecule has 0 aliphatic rings. The summed E-state index contributed by atoms with van der Waals surface area (Å²) in [5, 5.41) is 3.10. The summed E-state index contributed by atoms with van der Waals surface area (Å²) in [6, 6.07) is -0.719. The summed E-state index contributed by atoms with van der Waals surface area (Å²) in [5.74, 6) is -0.671. The number of H-pyrrole nitrogens is 1. The summed E-state index contributed by atoms with van der Waals surface area (Å²) in [7, 11) is 1.29. The average molecular weight is 337 g/mol. The summed E-state index contributed by atoms with van der Waals surface area (Å²) < 4.78 is 4.74. The lowest BCUT2D eigenvalue weighted by Gasteiger charge is -2.18. The number of hydrogen-bond donors (Lipinski definition) is 2. The van der Waals surface area contributed by atoms with Crippen molar-refractivity contribution in [3.63, 3.8) is 0 Å². The smallest absolute Gasteiger partial charge is 0.328 e. The first-order chi connectivity index (χ1) is 10.8. The molecule has 124 valence electrons. The molecule has 2 heterocycles. The molecule has 0 saturated carbocycles. The average Bonchev–Trinajstić information content (AvgIpc) is 2.83. The molecule has 0 aliphatic carbocycles. The second-order valence-electron chi connectivity index (χ2n) is 5.65. The first-order valence-electron chi connectivity index (χ1n) is 7.20. The number of amides is 1. The van der Waals surface area contributed by atoms with E-state index in [0.29, 0.717) is 27.1 Å². The van der Waals surface area contributed by atoms with Crippen LogP contribution in [-0.4, -0.2) is 35.0 Å². The monoisotopic (exact) mass is 337 g/mol. The zero-order valence-corrected chi connectivity index (χ0v) is 14.2. The number of thiophene rings is 1. The van der Waals surface area contributed by atoms with Gasteiger partial charge in [0.2, 0.25) is 0 Å². The van der Waals surface area contributed by atoms with Crippen molar-refractivity contribution in [1.29, 1.82) is 0 Å². The van der Waals surface area contributed by atoms with Gasteiger partial charge in [-0.3, -0.25) is 9.59 Å². The van der Waals surface area contributed by atoms with Gasteiger partial charge in [0.25, 0.3) is 11.5 Å². The van der Waals surface area contributed by atoms with Crippen LogP contribution < -0.4 is 10.9 Å². The van der Waals surface area contributed by atoms with E-state index in [1.54, 1.807) is 6.92 Å². The highest BCUT2D eigenvalue weighted by Gasteiger charge is 2.26. The van der Waals surface area contributed by atoms with Gasteiger partial charge in [-0.2, -0.15) is 0 Å². The maximum atomic E-state index is 12.5. The Hall–Kier alpha value is -2.22. The maximum Gasteiger partial charge on any atom is 0.328 e. The van der Waals surface area contributed by atoms with E-state index < -0.39 is 17.9 Å². The lowest BCUT2D eigenvalue weighted by molar-refractivity contribution is -0.143. The normalized spacial score (nSPS) is 12.4. The van der Waals surface area contributed by atoms with Crippen LogP contribution in [0.4, 0.5) is 0 Å². The number of aromatic amines is 1. The minimum Gasteiger partial charge on any atom is -0.467 e. The lowest BCUT2D eigenvalue weighted by Crippen LogP contribution is -2.42. The van der Waals surface area contributed by atoms with Gasteiger partial charge < -0.3 is 15.0 Å². The van der Waals surface area contributed by atoms with E-state index in [9.17, 15) is 14.4 Å². The number of hydrogen-bond acceptors (Lipinski definition) is 6. The largest absolute Gasteiger partial charge is 0.467 e. The summed E-state index contributed by atoms with van der Waals surface area (Å²) in [5.41, 5.74) is 0.277. The van der Waals surface area contributed by atoms with Crippen molar-refractivity contribution in [2.75, 3.05) is 7.11 Å². The van der Waals surface area contributed by atoms with Crippen LogP contribution in [0.5, 0.6) is 0 Å². The van der Waals surface area contributed by atoms with E-state index in [1.165, 1.54) is 13.4 Å². The molecule has 2 aromatic rings. The molecule has 0 spiro atoms. The van der Waals surface area contributed by atoms with Crippen molar-refractivity contribution in [1.82, 2.24) is 15.3 Å². The fourth-order valence-electron chi connectivity index (χ4n) is 2.35. The fourth-order valence-corrected chi connectivity index (χ4v) is 3.40. The molecule has 8 heteroatoms. The highest BCUT2D eigenvalue weighted by Crippen LogP contribution is 2.26. The second-order valence-corrected chi connectivity index (χ2v) is 6.65. The number of rotatable bonds is 5. The predicted molar refractivity (Wildman–Crippen MR) is 87.7 cm³/mol. The van der Waals surface area contributed by atoms with E-state index >= 15 is 0 Å². The quantitative estimate of drug-likeness (QED) is 0.807. The minimum absolute atomic E-state index is 0.215. The van der Waals surface area contributed by atoms with Crippen molar-refractivity contribution in [2.45, 2.75) is 33.2 Å². The first kappa shape index (κ1) is 17.1. The Morgan fingerprint density at radius 3 is 2.70 bits per heavy atom. The Labute approximate surface area is 137 Å². The summed E-state index contributed by atoms with van der Waals surface area (Å²) in [4.78, 5) is 43.6. The molecule has 2 rings (SSSR count). The first-order valence-corrected chi connectivity index (χ1v) is 8.02. The molecule has 0 aliphatic heterocycles. The Kier molecular flexibility index (Phi) is 5.15. The topological polar surface area (TPSA) is 101 Å². The highest BCUT2D eigenvalue weighted by atomic mass is 32.1. The summed E-state index contributed by atoms with van der Waals surface area (Å²) in [6.45, 7) is 5.60. The predicted octanol–water partition coefficient (Wildman–Crippen LogP) is 1.61. The number of nitrogens with one attached hydrogen (secondary N) is 2. The van der Waals surface area contributed by atoms with Gasteiger partial charge in [0.15, 0.2) is 0 Å². The van der Waals surface area contributed by atoms with Crippen LogP contribution in [0.3, 0.4) is 0 Å². The Balaban J connectivity index is 2.32. The molecule has 2 aromatic heterocycles. The molecule has 2 N–H and O–H groups in total. The van der Waals surface area contributed by atoms with Crippen molar-refractivity contribution in [3.8, 4) is 0 Å². The van der Waals surface area contributed by atoms with Crippen LogP contribution in [0.15, 0.2) is 11.1 Å². The number of methoxy groups -OCH3 is 1. The molecule has 7 nitrogen and oxygen atoms in total. The van der Waals surface area contributed by atoms with E-state index in [2.05, 4.69) is 15.3 Å². The fraction of sp³-hybridized carbons (Fsp3) is 0.467. The van der Waals surface area contributed by atoms with Gasteiger partial charge in [-0.1, -0.05) is 13.8 Å². The second kappa shape index (κ2) is 6.91. The Bertz CT molecular complexity index is 794. The van der Waals surface area contributed by atoms with Crippen LogP contribution in [0.25, 0.3) is 10.2 Å². The van der Waals surface area contributed by atoms with Crippen LogP contribution in [0.1, 0.15) is 35.5 Å². The third kappa shape index (κ3) is 3.58. The van der Waals surface area contributed by atoms with E-state index in [0.717, 1.165) is 11.3 Å². The molecule has 1 atom stereocenters. The summed E-state index contributed by atoms with van der Waals surface area (Å²) >= 11 is 1.13. The minimum atomic E-state index is -0.719. The number of nitrogens with zero attached hydrogens (tertiary/aromatic N) is 1. The molecule has 0 bridgehead atoms. The highest BCUT2D eigenvalue weighted by molar-refractivity contribution is 7.20. The number of aromatic nitrogens is 2. The molecule has 0 saturated heterocycles. The molecule has 23 heavy (non-hydrogen) atoms. The van der Waals surface area contributed by atoms with E-state index in [1.807, 2.05) is 13.8 Å². The van der Waals surface area contributed by atoms with Crippen LogP contribution in [0.2, 0.25) is 0 Å². The number of carbonyl (C=O) groups excluding carboxylic acids is 2. The molecule has 1 amide bonds. The zero-order chi connectivity index (χ0) is 17.1. The number of esters is 1. The third-order valence-electron chi connectivity index (χ3n) is 3.44. The number of carbonyl (C=O) groups is 2. The van der Waals surface area contributed by atoms with Gasteiger partial charge in [-0.05, 0) is 24.8 Å². The van der Waals surface area contributed by atoms with Crippen molar-refractivity contribution >= 4 is 33.4 Å². The van der Waals surface area contributed by atoms with Gasteiger partial charge in [-0.15, -0.1) is 11.3 Å². The molecule has 0 fully saturated rings. The van der Waals surface area contributed by atoms with E-state index in [4.69, 9.17) is 4.74 Å². The van der Waals surface area contributed by atoms with Gasteiger partial charge in [0.1, 0.15) is 10.9 Å². The van der Waals surface area contributed by atoms with Gasteiger partial charge in [0, 0.05) is 0 Å². The number of fused-ring (bicyclic) bond motifs is 1. The molecular formula is C15H19N3O4S. The number of aryl methyl sites for hydroxylation is 1. The maximum absolute atomic E-state index is 12.5. The van der Waals surface area contributed by atoms with Crippen molar-refractivity contribution < 1.29 is 14.3 Å². The summed E-state index contributed by atoms with van der Waals surface area (Å²) in [6.07, 6.45) is 1.78. The van der Waals surface area contributed by atoms with Gasteiger partial charge >= 0.3 is 5.97 Å². The van der Waals surface area contributed by atoms with Crippen LogP contribution >= 0.6 is 11.3 Å². The van der Waals surface area contributed by atoms with Crippen LogP contribution in [-0.2, 0) is 9.53 Å². The Morgan fingerprint density at radius 2 is 2.13 bits per heavy atom. The van der Waals surface area contributed by atoms with E-state index in [-0.39, 0.29) is 11.5 Å². The molecule has 0 aromatic carbocycles. The van der Waals surface area contributed by atoms with Gasteiger partial charge in [-0.25, -0.2) is 9.78 Å². The standard InChI is InChI=1S/C15H19N3O4S/c1-7(2)5-9(15(21)22-4)18-13(20)11-8(3)10-12(19)16-6-17-14(10)23-11/h6-7,9H,5H2,1-4H3,(H,18,20)(H,16,17,19)/t9-/m1/s1. The third-order valence-corrected chi connectivity index (χ3v) is 4.64. The molecule has 0 radical (unpaired) electrons. The van der Waals surface area contributed by atoms with Crippen molar-refractivity contribution in [3.05, 3.63) is 27.1 Å². The number of ether oxygens (including phenoxy) is 1. The lowest BCUT2D eigenvalue weighted by atomic mass is 10.0. The van der Waals surface area contributed by atoms with Gasteiger partial charge in [0.05, 0.1) is 23.7 Å². The van der Waals surface area contributed by atoms with Crippen molar-refractivity contribution in [2.24, 2.45) is 5.92 Å². The zero-order valence-electron chi connectivity index (χ0n) is 13.4. The SMILES string of the molecule is COC(=O)[C@@H](CC(C)C)NC(=O)c1sc2nc[nH]c(=O)c2c1C. The molecular weight excluding hydrogens is 318 g/mol. The molecule has 0 unspecified atom stereocenters. The van der Waals surface area contributed by atoms with Crippen LogP contribution in [0, 0.1) is 12.8 Å².